The highest BCUT2D eigenvalue weighted by molar-refractivity contribution is 14.1. The molecule has 74 valence electrons. The first kappa shape index (κ1) is 11.2. The molecule has 0 aromatic heterocycles. The standard InChI is InChI=1S/C11H12INO/c12-10(6-7-11(13)14)8-9-4-2-1-3-5-9/h1-6H,7-8H2,(H2,13,14)/b10-6-. The molecule has 3 heteroatoms. The van der Waals surface area contributed by atoms with Crippen LogP contribution in [0.4, 0.5) is 0 Å². The Morgan fingerprint density at radius 2 is 2.00 bits per heavy atom. The number of hydrogen-bond donors (Lipinski definition) is 1. The summed E-state index contributed by atoms with van der Waals surface area (Å²) in [6.45, 7) is 0. The summed E-state index contributed by atoms with van der Waals surface area (Å²) in [4.78, 5) is 10.5. The number of primary amides is 1. The van der Waals surface area contributed by atoms with Crippen molar-refractivity contribution in [3.05, 3.63) is 45.6 Å². The molecule has 0 heterocycles. The van der Waals surface area contributed by atoms with Crippen molar-refractivity contribution < 1.29 is 4.79 Å². The molecule has 0 radical (unpaired) electrons. The SMILES string of the molecule is NC(=O)C/C=C(\I)Cc1ccccc1. The van der Waals surface area contributed by atoms with Crippen LogP contribution in [0.2, 0.25) is 0 Å². The van der Waals surface area contributed by atoms with Gasteiger partial charge in [-0.25, -0.2) is 0 Å². The molecule has 0 spiro atoms. The van der Waals surface area contributed by atoms with E-state index in [9.17, 15) is 4.79 Å². The van der Waals surface area contributed by atoms with Gasteiger partial charge in [0.1, 0.15) is 0 Å². The highest BCUT2D eigenvalue weighted by atomic mass is 127. The number of allylic oxidation sites excluding steroid dienone is 1. The Morgan fingerprint density at radius 1 is 1.36 bits per heavy atom. The first-order chi connectivity index (χ1) is 6.68. The molecule has 0 bridgehead atoms. The molecule has 0 aliphatic heterocycles. The monoisotopic (exact) mass is 301 g/mol. The van der Waals surface area contributed by atoms with E-state index in [1.165, 1.54) is 5.56 Å². The minimum Gasteiger partial charge on any atom is -0.369 e. The van der Waals surface area contributed by atoms with Crippen LogP contribution in [-0.2, 0) is 11.2 Å². The minimum absolute atomic E-state index is 0.285. The zero-order chi connectivity index (χ0) is 10.4. The first-order valence-electron chi connectivity index (χ1n) is 4.35. The van der Waals surface area contributed by atoms with E-state index in [-0.39, 0.29) is 5.91 Å². The molecule has 1 aromatic carbocycles. The molecular weight excluding hydrogens is 289 g/mol. The zero-order valence-electron chi connectivity index (χ0n) is 7.74. The van der Waals surface area contributed by atoms with Crippen LogP contribution in [0, 0.1) is 0 Å². The van der Waals surface area contributed by atoms with Gasteiger partial charge in [-0.3, -0.25) is 4.79 Å². The number of benzene rings is 1. The summed E-state index contributed by atoms with van der Waals surface area (Å²) in [6.07, 6.45) is 3.07. The Labute approximate surface area is 97.3 Å². The number of amides is 1. The molecule has 0 aliphatic carbocycles. The van der Waals surface area contributed by atoms with Gasteiger partial charge in [-0.1, -0.05) is 36.4 Å². The van der Waals surface area contributed by atoms with Gasteiger partial charge in [0, 0.05) is 12.8 Å². The van der Waals surface area contributed by atoms with E-state index in [0.29, 0.717) is 6.42 Å². The molecule has 0 aliphatic rings. The van der Waals surface area contributed by atoms with Crippen molar-refractivity contribution in [3.8, 4) is 0 Å². The highest BCUT2D eigenvalue weighted by Crippen LogP contribution is 2.14. The fourth-order valence-electron chi connectivity index (χ4n) is 1.07. The zero-order valence-corrected chi connectivity index (χ0v) is 9.90. The second kappa shape index (κ2) is 5.80. The molecule has 0 saturated heterocycles. The lowest BCUT2D eigenvalue weighted by Gasteiger charge is -1.99. The predicted octanol–water partition coefficient (Wildman–Crippen LogP) is 2.42. The van der Waals surface area contributed by atoms with Crippen molar-refractivity contribution >= 4 is 28.5 Å². The number of hydrogen-bond acceptors (Lipinski definition) is 1. The van der Waals surface area contributed by atoms with E-state index >= 15 is 0 Å². The second-order valence-corrected chi connectivity index (χ2v) is 4.37. The van der Waals surface area contributed by atoms with E-state index in [4.69, 9.17) is 5.73 Å². The van der Waals surface area contributed by atoms with Crippen LogP contribution < -0.4 is 5.73 Å². The fraction of sp³-hybridized carbons (Fsp3) is 0.182. The van der Waals surface area contributed by atoms with Gasteiger partial charge < -0.3 is 5.73 Å². The number of carbonyl (C=O) groups is 1. The van der Waals surface area contributed by atoms with Crippen molar-refractivity contribution in [1.29, 1.82) is 0 Å². The summed E-state index contributed by atoms with van der Waals surface area (Å²) < 4.78 is 1.15. The van der Waals surface area contributed by atoms with Gasteiger partial charge in [-0.15, -0.1) is 0 Å². The molecular formula is C11H12INO. The Bertz CT molecular complexity index is 332. The number of nitrogens with two attached hydrogens (primary N) is 1. The topological polar surface area (TPSA) is 43.1 Å². The van der Waals surface area contributed by atoms with E-state index in [2.05, 4.69) is 34.7 Å². The average Bonchev–Trinajstić information content (AvgIpc) is 2.16. The van der Waals surface area contributed by atoms with Gasteiger partial charge in [-0.05, 0) is 31.7 Å². The molecule has 0 unspecified atom stereocenters. The van der Waals surface area contributed by atoms with Crippen molar-refractivity contribution in [2.24, 2.45) is 5.73 Å². The van der Waals surface area contributed by atoms with E-state index in [0.717, 1.165) is 10.0 Å². The van der Waals surface area contributed by atoms with Gasteiger partial charge in [0.25, 0.3) is 0 Å². The van der Waals surface area contributed by atoms with Crippen LogP contribution in [0.5, 0.6) is 0 Å². The van der Waals surface area contributed by atoms with Crippen LogP contribution in [0.3, 0.4) is 0 Å². The average molecular weight is 301 g/mol. The fourth-order valence-corrected chi connectivity index (χ4v) is 1.73. The highest BCUT2D eigenvalue weighted by Gasteiger charge is 1.96. The molecule has 1 aromatic rings. The maximum atomic E-state index is 10.5. The third-order valence-electron chi connectivity index (χ3n) is 1.74. The van der Waals surface area contributed by atoms with E-state index in [1.807, 2.05) is 24.3 Å². The van der Waals surface area contributed by atoms with Crippen molar-refractivity contribution in [1.82, 2.24) is 0 Å². The smallest absolute Gasteiger partial charge is 0.221 e. The minimum atomic E-state index is -0.285. The Morgan fingerprint density at radius 3 is 2.57 bits per heavy atom. The van der Waals surface area contributed by atoms with Crippen LogP contribution in [0.1, 0.15) is 12.0 Å². The second-order valence-electron chi connectivity index (χ2n) is 2.98. The Balaban J connectivity index is 2.53. The molecule has 2 nitrogen and oxygen atoms in total. The molecule has 0 saturated carbocycles. The summed E-state index contributed by atoms with van der Waals surface area (Å²) in [5.74, 6) is -0.285. The number of carbonyl (C=O) groups excluding carboxylic acids is 1. The summed E-state index contributed by atoms with van der Waals surface area (Å²) in [7, 11) is 0. The molecule has 1 amide bonds. The van der Waals surface area contributed by atoms with Gasteiger partial charge in [0.15, 0.2) is 0 Å². The lowest BCUT2D eigenvalue weighted by atomic mass is 10.1. The Kier molecular flexibility index (Phi) is 4.65. The predicted molar refractivity (Wildman–Crippen MR) is 66.1 cm³/mol. The van der Waals surface area contributed by atoms with Crippen LogP contribution in [0.25, 0.3) is 0 Å². The number of rotatable bonds is 4. The lowest BCUT2D eigenvalue weighted by molar-refractivity contribution is -0.117. The summed E-state index contributed by atoms with van der Waals surface area (Å²) in [6, 6.07) is 10.1. The van der Waals surface area contributed by atoms with Gasteiger partial charge in [0.05, 0.1) is 0 Å². The van der Waals surface area contributed by atoms with Crippen molar-refractivity contribution in [2.75, 3.05) is 0 Å². The largest absolute Gasteiger partial charge is 0.369 e. The molecule has 2 N–H and O–H groups in total. The van der Waals surface area contributed by atoms with Crippen LogP contribution >= 0.6 is 22.6 Å². The quantitative estimate of drug-likeness (QED) is 0.853. The third kappa shape index (κ3) is 4.41. The third-order valence-corrected chi connectivity index (χ3v) is 2.56. The lowest BCUT2D eigenvalue weighted by Crippen LogP contribution is -2.08. The first-order valence-corrected chi connectivity index (χ1v) is 5.43. The van der Waals surface area contributed by atoms with Gasteiger partial charge >= 0.3 is 0 Å². The summed E-state index contributed by atoms with van der Waals surface area (Å²) in [5, 5.41) is 0. The van der Waals surface area contributed by atoms with Crippen molar-refractivity contribution in [3.63, 3.8) is 0 Å². The normalized spacial score (nSPS) is 11.4. The summed E-state index contributed by atoms with van der Waals surface area (Å²) in [5.41, 5.74) is 6.30. The maximum Gasteiger partial charge on any atom is 0.221 e. The number of halogens is 1. The van der Waals surface area contributed by atoms with E-state index in [1.54, 1.807) is 0 Å². The Hall–Kier alpha value is -0.840. The van der Waals surface area contributed by atoms with Crippen LogP contribution in [-0.4, -0.2) is 5.91 Å². The van der Waals surface area contributed by atoms with Gasteiger partial charge in [-0.2, -0.15) is 0 Å². The van der Waals surface area contributed by atoms with Crippen molar-refractivity contribution in [2.45, 2.75) is 12.8 Å². The molecule has 0 fully saturated rings. The van der Waals surface area contributed by atoms with E-state index < -0.39 is 0 Å². The molecule has 1 rings (SSSR count). The molecule has 0 atom stereocenters. The maximum absolute atomic E-state index is 10.5. The van der Waals surface area contributed by atoms with Gasteiger partial charge in [0.2, 0.25) is 5.91 Å². The summed E-state index contributed by atoms with van der Waals surface area (Å²) >= 11 is 2.23. The molecule has 14 heavy (non-hydrogen) atoms. The van der Waals surface area contributed by atoms with Crippen LogP contribution in [0.15, 0.2) is 40.0 Å².